The molecule has 1 amide bonds. The van der Waals surface area contributed by atoms with Crippen LogP contribution in [0.5, 0.6) is 5.75 Å². The van der Waals surface area contributed by atoms with E-state index in [4.69, 9.17) is 4.74 Å². The first-order valence-electron chi connectivity index (χ1n) is 6.60. The molecular weight excluding hydrogens is 242 g/mol. The average molecular weight is 263 g/mol. The summed E-state index contributed by atoms with van der Waals surface area (Å²) in [6, 6.07) is 7.73. The highest BCUT2D eigenvalue weighted by molar-refractivity contribution is 5.78. The van der Waals surface area contributed by atoms with Crippen molar-refractivity contribution in [2.75, 3.05) is 39.8 Å². The molecule has 2 rings (SSSR count). The summed E-state index contributed by atoms with van der Waals surface area (Å²) in [5.74, 6) is 0.911. The molecule has 1 aliphatic heterocycles. The molecule has 0 saturated carbocycles. The Labute approximate surface area is 113 Å². The fourth-order valence-electron chi connectivity index (χ4n) is 2.07. The zero-order valence-electron chi connectivity index (χ0n) is 11.3. The van der Waals surface area contributed by atoms with E-state index >= 15 is 0 Å². The topological polar surface area (TPSA) is 53.6 Å². The Kier molecular flexibility index (Phi) is 5.18. The summed E-state index contributed by atoms with van der Waals surface area (Å²) >= 11 is 0. The van der Waals surface area contributed by atoms with Gasteiger partial charge in [0.05, 0.1) is 13.7 Å². The van der Waals surface area contributed by atoms with E-state index < -0.39 is 0 Å². The Morgan fingerprint density at radius 3 is 2.63 bits per heavy atom. The number of carbonyl (C=O) groups is 1. The molecule has 0 bridgehead atoms. The lowest BCUT2D eigenvalue weighted by Gasteiger charge is -2.26. The van der Waals surface area contributed by atoms with Crippen molar-refractivity contribution in [3.05, 3.63) is 29.8 Å². The molecule has 1 heterocycles. The molecule has 0 aromatic heterocycles. The zero-order chi connectivity index (χ0) is 13.5. The summed E-state index contributed by atoms with van der Waals surface area (Å²) in [7, 11) is 1.64. The Balaban J connectivity index is 1.72. The third kappa shape index (κ3) is 4.54. The number of nitrogens with one attached hydrogen (secondary N) is 2. The van der Waals surface area contributed by atoms with Gasteiger partial charge in [-0.05, 0) is 17.7 Å². The molecule has 0 radical (unpaired) electrons. The molecule has 1 aliphatic rings. The number of rotatable bonds is 5. The summed E-state index contributed by atoms with van der Waals surface area (Å²) < 4.78 is 5.10. The molecule has 104 valence electrons. The van der Waals surface area contributed by atoms with Gasteiger partial charge in [0.2, 0.25) is 5.91 Å². The maximum absolute atomic E-state index is 11.8. The van der Waals surface area contributed by atoms with Crippen LogP contribution in [-0.4, -0.2) is 50.6 Å². The van der Waals surface area contributed by atoms with E-state index in [1.807, 2.05) is 24.3 Å². The normalized spacial score (nSPS) is 16.1. The molecule has 19 heavy (non-hydrogen) atoms. The van der Waals surface area contributed by atoms with Crippen molar-refractivity contribution in [1.29, 1.82) is 0 Å². The van der Waals surface area contributed by atoms with E-state index in [0.29, 0.717) is 13.1 Å². The maximum Gasteiger partial charge on any atom is 0.234 e. The molecule has 1 aromatic carbocycles. The lowest BCUT2D eigenvalue weighted by Crippen LogP contribution is -2.47. The van der Waals surface area contributed by atoms with Gasteiger partial charge in [-0.15, -0.1) is 0 Å². The second-order valence-corrected chi connectivity index (χ2v) is 4.65. The van der Waals surface area contributed by atoms with Crippen molar-refractivity contribution >= 4 is 5.91 Å². The van der Waals surface area contributed by atoms with Crippen LogP contribution in [0.15, 0.2) is 24.3 Å². The summed E-state index contributed by atoms with van der Waals surface area (Å²) in [4.78, 5) is 14.0. The molecular formula is C14H21N3O2. The van der Waals surface area contributed by atoms with Crippen LogP contribution in [-0.2, 0) is 11.3 Å². The summed E-state index contributed by atoms with van der Waals surface area (Å²) in [6.07, 6.45) is 0. The van der Waals surface area contributed by atoms with Gasteiger partial charge >= 0.3 is 0 Å². The number of methoxy groups -OCH3 is 1. The van der Waals surface area contributed by atoms with Crippen LogP contribution in [0.25, 0.3) is 0 Å². The molecule has 1 fully saturated rings. The number of hydrogen-bond acceptors (Lipinski definition) is 4. The van der Waals surface area contributed by atoms with Gasteiger partial charge < -0.3 is 15.4 Å². The summed E-state index contributed by atoms with van der Waals surface area (Å²) in [5.41, 5.74) is 1.08. The van der Waals surface area contributed by atoms with Gasteiger partial charge in [-0.1, -0.05) is 12.1 Å². The van der Waals surface area contributed by atoms with Crippen LogP contribution < -0.4 is 15.4 Å². The smallest absolute Gasteiger partial charge is 0.234 e. The van der Waals surface area contributed by atoms with E-state index in [2.05, 4.69) is 15.5 Å². The molecule has 5 nitrogen and oxygen atoms in total. The molecule has 0 unspecified atom stereocenters. The minimum absolute atomic E-state index is 0.0812. The van der Waals surface area contributed by atoms with Crippen LogP contribution in [0.1, 0.15) is 5.56 Å². The first-order chi connectivity index (χ1) is 9.28. The number of benzene rings is 1. The number of carbonyl (C=O) groups excluding carboxylic acids is 1. The van der Waals surface area contributed by atoms with Crippen molar-refractivity contribution in [2.45, 2.75) is 6.54 Å². The molecule has 0 atom stereocenters. The van der Waals surface area contributed by atoms with Gasteiger partial charge in [-0.3, -0.25) is 9.69 Å². The zero-order valence-corrected chi connectivity index (χ0v) is 11.3. The van der Waals surface area contributed by atoms with Gasteiger partial charge in [0, 0.05) is 32.7 Å². The second kappa shape index (κ2) is 7.11. The maximum atomic E-state index is 11.8. The minimum Gasteiger partial charge on any atom is -0.497 e. The first-order valence-corrected chi connectivity index (χ1v) is 6.60. The van der Waals surface area contributed by atoms with Gasteiger partial charge in [-0.2, -0.15) is 0 Å². The molecule has 0 aliphatic carbocycles. The van der Waals surface area contributed by atoms with Gasteiger partial charge in [-0.25, -0.2) is 0 Å². The van der Waals surface area contributed by atoms with Crippen molar-refractivity contribution in [2.24, 2.45) is 0 Å². The minimum atomic E-state index is 0.0812. The Morgan fingerprint density at radius 1 is 1.32 bits per heavy atom. The fourth-order valence-corrected chi connectivity index (χ4v) is 2.07. The Hall–Kier alpha value is -1.59. The fraction of sp³-hybridized carbons (Fsp3) is 0.500. The van der Waals surface area contributed by atoms with Crippen molar-refractivity contribution < 1.29 is 9.53 Å². The van der Waals surface area contributed by atoms with Crippen LogP contribution >= 0.6 is 0 Å². The quantitative estimate of drug-likeness (QED) is 0.798. The van der Waals surface area contributed by atoms with Crippen LogP contribution in [0.4, 0.5) is 0 Å². The Morgan fingerprint density at radius 2 is 2.00 bits per heavy atom. The summed E-state index contributed by atoms with van der Waals surface area (Å²) in [6.45, 7) is 4.86. The highest BCUT2D eigenvalue weighted by Crippen LogP contribution is 2.10. The van der Waals surface area contributed by atoms with Crippen LogP contribution in [0, 0.1) is 0 Å². The molecule has 1 saturated heterocycles. The lowest BCUT2D eigenvalue weighted by atomic mass is 10.2. The van der Waals surface area contributed by atoms with Gasteiger partial charge in [0.15, 0.2) is 0 Å². The average Bonchev–Trinajstić information content (AvgIpc) is 2.47. The van der Waals surface area contributed by atoms with Gasteiger partial charge in [0.1, 0.15) is 5.75 Å². The molecule has 2 N–H and O–H groups in total. The Bertz CT molecular complexity index is 400. The monoisotopic (exact) mass is 263 g/mol. The summed E-state index contributed by atoms with van der Waals surface area (Å²) in [5, 5.41) is 6.21. The lowest BCUT2D eigenvalue weighted by molar-refractivity contribution is -0.122. The highest BCUT2D eigenvalue weighted by atomic mass is 16.5. The second-order valence-electron chi connectivity index (χ2n) is 4.65. The van der Waals surface area contributed by atoms with Crippen LogP contribution in [0.3, 0.4) is 0 Å². The third-order valence-electron chi connectivity index (χ3n) is 3.23. The number of hydrogen-bond donors (Lipinski definition) is 2. The molecule has 1 aromatic rings. The first kappa shape index (κ1) is 13.8. The van der Waals surface area contributed by atoms with Crippen molar-refractivity contribution in [1.82, 2.24) is 15.5 Å². The van der Waals surface area contributed by atoms with Gasteiger partial charge in [0.25, 0.3) is 0 Å². The standard InChI is InChI=1S/C14H21N3O2/c1-19-13-4-2-12(3-5-13)10-16-14(18)11-17-8-6-15-7-9-17/h2-5,15H,6-11H2,1H3,(H,16,18). The molecule has 0 spiro atoms. The third-order valence-corrected chi connectivity index (χ3v) is 3.23. The largest absolute Gasteiger partial charge is 0.497 e. The van der Waals surface area contributed by atoms with E-state index in [9.17, 15) is 4.79 Å². The number of piperazine rings is 1. The predicted molar refractivity (Wildman–Crippen MR) is 74.2 cm³/mol. The molecule has 5 heteroatoms. The number of amides is 1. The van der Waals surface area contributed by atoms with Crippen LogP contribution in [0.2, 0.25) is 0 Å². The predicted octanol–water partition coefficient (Wildman–Crippen LogP) is 0.217. The van der Waals surface area contributed by atoms with E-state index in [1.54, 1.807) is 7.11 Å². The SMILES string of the molecule is COc1ccc(CNC(=O)CN2CCNCC2)cc1. The van der Waals surface area contributed by atoms with E-state index in [1.165, 1.54) is 0 Å². The van der Waals surface area contributed by atoms with E-state index in [0.717, 1.165) is 37.5 Å². The van der Waals surface area contributed by atoms with Crippen molar-refractivity contribution in [3.8, 4) is 5.75 Å². The highest BCUT2D eigenvalue weighted by Gasteiger charge is 2.12. The number of nitrogens with zero attached hydrogens (tertiary/aromatic N) is 1. The number of ether oxygens (including phenoxy) is 1. The van der Waals surface area contributed by atoms with Crippen molar-refractivity contribution in [3.63, 3.8) is 0 Å². The van der Waals surface area contributed by atoms with E-state index in [-0.39, 0.29) is 5.91 Å².